The minimum Gasteiger partial charge on any atom is -0.324 e. The second-order valence-corrected chi connectivity index (χ2v) is 7.28. The first kappa shape index (κ1) is 16.2. The molecule has 0 saturated carbocycles. The molecule has 6 nitrogen and oxygen atoms in total. The summed E-state index contributed by atoms with van der Waals surface area (Å²) in [6.07, 6.45) is 0. The highest BCUT2D eigenvalue weighted by molar-refractivity contribution is 7.90. The van der Waals surface area contributed by atoms with Crippen LogP contribution in [0.3, 0.4) is 0 Å². The molecule has 3 rings (SSSR count). The molecule has 0 radical (unpaired) electrons. The molecular weight excluding hydrogens is 326 g/mol. The van der Waals surface area contributed by atoms with Crippen LogP contribution in [0.25, 0.3) is 0 Å². The Labute approximate surface area is 140 Å². The lowest BCUT2D eigenvalue weighted by atomic mass is 10.1. The molecule has 0 bridgehead atoms. The van der Waals surface area contributed by atoms with Crippen LogP contribution in [-0.4, -0.2) is 26.7 Å². The number of carbonyl (C=O) groups is 1. The summed E-state index contributed by atoms with van der Waals surface area (Å²) in [4.78, 5) is 16.4. The number of hydrogen-bond acceptors (Lipinski definition) is 4. The number of anilines is 1. The average molecular weight is 343 g/mol. The van der Waals surface area contributed by atoms with Crippen LogP contribution in [0.4, 0.5) is 5.69 Å². The molecule has 0 unspecified atom stereocenters. The van der Waals surface area contributed by atoms with Gasteiger partial charge in [-0.25, -0.2) is 8.42 Å². The van der Waals surface area contributed by atoms with Crippen LogP contribution >= 0.6 is 0 Å². The highest BCUT2D eigenvalue weighted by Crippen LogP contribution is 2.22. The van der Waals surface area contributed by atoms with Gasteiger partial charge in [0.25, 0.3) is 10.0 Å². The first-order valence-electron chi connectivity index (χ1n) is 7.40. The van der Waals surface area contributed by atoms with Gasteiger partial charge >= 0.3 is 0 Å². The molecule has 0 spiro atoms. The Hall–Kier alpha value is -2.67. The number of benzene rings is 2. The summed E-state index contributed by atoms with van der Waals surface area (Å²) in [5.41, 5.74) is 3.28. The first-order valence-corrected chi connectivity index (χ1v) is 8.89. The first-order chi connectivity index (χ1) is 11.4. The Morgan fingerprint density at radius 2 is 1.92 bits per heavy atom. The lowest BCUT2D eigenvalue weighted by Crippen LogP contribution is -2.24. The van der Waals surface area contributed by atoms with Gasteiger partial charge in [0.05, 0.1) is 4.90 Å². The van der Waals surface area contributed by atoms with Gasteiger partial charge in [0.1, 0.15) is 12.4 Å². The average Bonchev–Trinajstić information content (AvgIpc) is 2.80. The molecule has 1 aliphatic rings. The van der Waals surface area contributed by atoms with Crippen LogP contribution in [-0.2, 0) is 14.8 Å². The Kier molecular flexibility index (Phi) is 4.11. The maximum Gasteiger partial charge on any atom is 0.263 e. The van der Waals surface area contributed by atoms with E-state index in [1.54, 1.807) is 18.2 Å². The van der Waals surface area contributed by atoms with E-state index >= 15 is 0 Å². The number of sulfonamides is 1. The van der Waals surface area contributed by atoms with Crippen molar-refractivity contribution in [3.8, 4) is 0 Å². The standard InChI is InChI=1S/C17H17N3O3S/c1-11-7-8-14(12(2)9-11)19-16(21)10-18-17-13-5-3-4-6-15(13)24(22,23)20-17/h3-9H,10H2,1-2H3,(H,18,20)(H,19,21). The van der Waals surface area contributed by atoms with Crippen molar-refractivity contribution in [1.29, 1.82) is 0 Å². The summed E-state index contributed by atoms with van der Waals surface area (Å²) < 4.78 is 26.3. The summed E-state index contributed by atoms with van der Waals surface area (Å²) in [6, 6.07) is 12.3. The number of aryl methyl sites for hydroxylation is 2. The van der Waals surface area contributed by atoms with Gasteiger partial charge in [-0.2, -0.15) is 0 Å². The number of carbonyl (C=O) groups excluding carboxylic acids is 1. The highest BCUT2D eigenvalue weighted by atomic mass is 32.2. The maximum atomic E-state index is 12.1. The van der Waals surface area contributed by atoms with Crippen molar-refractivity contribution in [2.24, 2.45) is 4.99 Å². The van der Waals surface area contributed by atoms with Gasteiger partial charge in [-0.05, 0) is 37.6 Å². The minimum absolute atomic E-state index is 0.167. The lowest BCUT2D eigenvalue weighted by molar-refractivity contribution is -0.114. The van der Waals surface area contributed by atoms with Gasteiger partial charge in [0.2, 0.25) is 5.91 Å². The number of aliphatic imine (C=N–C) groups is 1. The van der Waals surface area contributed by atoms with Crippen molar-refractivity contribution in [2.75, 3.05) is 11.9 Å². The number of hydrogen-bond donors (Lipinski definition) is 2. The number of amidine groups is 1. The number of nitrogens with zero attached hydrogens (tertiary/aromatic N) is 1. The van der Waals surface area contributed by atoms with E-state index in [1.807, 2.05) is 32.0 Å². The van der Waals surface area contributed by atoms with Crippen LogP contribution in [0.15, 0.2) is 52.4 Å². The Bertz CT molecular complexity index is 949. The SMILES string of the molecule is Cc1ccc(NC(=O)CN=C2NS(=O)(=O)c3ccccc32)c(C)c1. The highest BCUT2D eigenvalue weighted by Gasteiger charge is 2.30. The normalized spacial score (nSPS) is 16.5. The van der Waals surface area contributed by atoms with Gasteiger partial charge < -0.3 is 5.32 Å². The fourth-order valence-electron chi connectivity index (χ4n) is 2.55. The fraction of sp³-hybridized carbons (Fsp3) is 0.176. The largest absolute Gasteiger partial charge is 0.324 e. The third-order valence-electron chi connectivity index (χ3n) is 3.70. The fourth-order valence-corrected chi connectivity index (χ4v) is 3.80. The molecule has 2 aromatic rings. The molecule has 24 heavy (non-hydrogen) atoms. The lowest BCUT2D eigenvalue weighted by Gasteiger charge is -2.08. The second-order valence-electron chi connectivity index (χ2n) is 5.63. The van der Waals surface area contributed by atoms with E-state index in [-0.39, 0.29) is 23.2 Å². The summed E-state index contributed by atoms with van der Waals surface area (Å²) in [5.74, 6) is -0.112. The zero-order valence-corrected chi connectivity index (χ0v) is 14.1. The summed E-state index contributed by atoms with van der Waals surface area (Å²) in [6.45, 7) is 3.73. The third-order valence-corrected chi connectivity index (χ3v) is 5.10. The predicted octanol–water partition coefficient (Wildman–Crippen LogP) is 1.98. The Morgan fingerprint density at radius 1 is 1.17 bits per heavy atom. The minimum atomic E-state index is -3.59. The maximum absolute atomic E-state index is 12.1. The number of nitrogens with one attached hydrogen (secondary N) is 2. The summed E-state index contributed by atoms with van der Waals surface area (Å²) in [5, 5.41) is 2.78. The molecule has 1 aliphatic heterocycles. The van der Waals surface area contributed by atoms with E-state index in [1.165, 1.54) is 6.07 Å². The molecular formula is C17H17N3O3S. The van der Waals surface area contributed by atoms with Crippen LogP contribution in [0.1, 0.15) is 16.7 Å². The molecule has 0 aliphatic carbocycles. The summed E-state index contributed by atoms with van der Waals surface area (Å²) >= 11 is 0. The smallest absolute Gasteiger partial charge is 0.263 e. The van der Waals surface area contributed by atoms with Crippen molar-refractivity contribution >= 4 is 27.5 Å². The quantitative estimate of drug-likeness (QED) is 0.893. The van der Waals surface area contributed by atoms with Crippen molar-refractivity contribution in [2.45, 2.75) is 18.7 Å². The van der Waals surface area contributed by atoms with Crippen LogP contribution in [0.5, 0.6) is 0 Å². The van der Waals surface area contributed by atoms with E-state index in [2.05, 4.69) is 15.0 Å². The van der Waals surface area contributed by atoms with Crippen LogP contribution in [0, 0.1) is 13.8 Å². The molecule has 7 heteroatoms. The van der Waals surface area contributed by atoms with Gasteiger partial charge in [-0.1, -0.05) is 29.8 Å². The zero-order chi connectivity index (χ0) is 17.3. The van der Waals surface area contributed by atoms with E-state index < -0.39 is 10.0 Å². The number of rotatable bonds is 3. The number of fused-ring (bicyclic) bond motifs is 1. The Morgan fingerprint density at radius 3 is 2.67 bits per heavy atom. The predicted molar refractivity (Wildman–Crippen MR) is 92.7 cm³/mol. The molecule has 0 fully saturated rings. The molecule has 2 aromatic carbocycles. The second kappa shape index (κ2) is 6.09. The summed E-state index contributed by atoms with van der Waals surface area (Å²) in [7, 11) is -3.59. The van der Waals surface area contributed by atoms with Gasteiger partial charge in [-0.15, -0.1) is 0 Å². The molecule has 1 heterocycles. The van der Waals surface area contributed by atoms with Crippen LogP contribution < -0.4 is 10.0 Å². The third kappa shape index (κ3) is 3.16. The van der Waals surface area contributed by atoms with E-state index in [4.69, 9.17) is 0 Å². The number of amides is 1. The zero-order valence-electron chi connectivity index (χ0n) is 13.3. The van der Waals surface area contributed by atoms with Crippen molar-refractivity contribution in [1.82, 2.24) is 4.72 Å². The van der Waals surface area contributed by atoms with Gasteiger partial charge in [-0.3, -0.25) is 14.5 Å². The molecule has 2 N–H and O–H groups in total. The van der Waals surface area contributed by atoms with Crippen molar-refractivity contribution < 1.29 is 13.2 Å². The van der Waals surface area contributed by atoms with Gasteiger partial charge in [0.15, 0.2) is 0 Å². The molecule has 0 saturated heterocycles. The van der Waals surface area contributed by atoms with Crippen LogP contribution in [0.2, 0.25) is 0 Å². The monoisotopic (exact) mass is 343 g/mol. The van der Waals surface area contributed by atoms with E-state index in [9.17, 15) is 13.2 Å². The van der Waals surface area contributed by atoms with Crippen molar-refractivity contribution in [3.63, 3.8) is 0 Å². The molecule has 0 atom stereocenters. The topological polar surface area (TPSA) is 87.6 Å². The van der Waals surface area contributed by atoms with E-state index in [0.717, 1.165) is 16.8 Å². The van der Waals surface area contributed by atoms with Crippen molar-refractivity contribution in [3.05, 3.63) is 59.2 Å². The molecule has 0 aromatic heterocycles. The van der Waals surface area contributed by atoms with E-state index in [0.29, 0.717) is 5.56 Å². The van der Waals surface area contributed by atoms with Gasteiger partial charge in [0, 0.05) is 11.3 Å². The molecule has 1 amide bonds. The Balaban J connectivity index is 1.76. The molecule has 124 valence electrons.